The number of rotatable bonds is 4. The molecule has 0 atom stereocenters. The van der Waals surface area contributed by atoms with Gasteiger partial charge in [-0.1, -0.05) is 49.4 Å². The van der Waals surface area contributed by atoms with Crippen LogP contribution in [0.1, 0.15) is 18.9 Å². The summed E-state index contributed by atoms with van der Waals surface area (Å²) in [5.41, 5.74) is 1.32. The molecule has 82 valence electrons. The minimum absolute atomic E-state index is 1.06. The number of hydrogen-bond donors (Lipinski definition) is 0. The van der Waals surface area contributed by atoms with E-state index in [2.05, 4.69) is 36.2 Å². The van der Waals surface area contributed by atoms with Gasteiger partial charge in [-0.15, -0.1) is 0 Å². The van der Waals surface area contributed by atoms with Crippen LogP contribution in [0.5, 0.6) is 0 Å². The van der Waals surface area contributed by atoms with Gasteiger partial charge < -0.3 is 0 Å². The molecule has 0 aliphatic rings. The van der Waals surface area contributed by atoms with Gasteiger partial charge in [-0.2, -0.15) is 0 Å². The van der Waals surface area contributed by atoms with E-state index in [9.17, 15) is 0 Å². The molecule has 1 nitrogen and oxygen atoms in total. The van der Waals surface area contributed by atoms with Gasteiger partial charge in [0.25, 0.3) is 0 Å². The molecule has 2 aromatic rings. The first-order valence-corrected chi connectivity index (χ1v) is 6.38. The molecule has 0 bridgehead atoms. The van der Waals surface area contributed by atoms with Gasteiger partial charge in [0.1, 0.15) is 5.03 Å². The Morgan fingerprint density at radius 3 is 2.50 bits per heavy atom. The van der Waals surface area contributed by atoms with Crippen LogP contribution in [0.3, 0.4) is 0 Å². The second-order valence-corrected chi connectivity index (χ2v) is 4.76. The van der Waals surface area contributed by atoms with Crippen LogP contribution < -0.4 is 0 Å². The summed E-state index contributed by atoms with van der Waals surface area (Å²) in [6, 6.07) is 14.6. The molecule has 2 heteroatoms. The van der Waals surface area contributed by atoms with Crippen molar-refractivity contribution in [1.82, 2.24) is 4.98 Å². The largest absolute Gasteiger partial charge is 0.249 e. The number of hydrogen-bond acceptors (Lipinski definition) is 2. The highest BCUT2D eigenvalue weighted by Gasteiger charge is 1.98. The fourth-order valence-electron chi connectivity index (χ4n) is 1.52. The molecule has 16 heavy (non-hydrogen) atoms. The van der Waals surface area contributed by atoms with Crippen molar-refractivity contribution in [2.75, 3.05) is 0 Å². The average Bonchev–Trinajstić information content (AvgIpc) is 2.33. The normalized spacial score (nSPS) is 10.3. The van der Waals surface area contributed by atoms with Crippen LogP contribution in [0.4, 0.5) is 0 Å². The predicted molar refractivity (Wildman–Crippen MR) is 68.8 cm³/mol. The predicted octanol–water partition coefficient (Wildman–Crippen LogP) is 4.19. The molecule has 0 amide bonds. The lowest BCUT2D eigenvalue weighted by atomic mass is 10.2. The van der Waals surface area contributed by atoms with Crippen LogP contribution >= 0.6 is 11.8 Å². The van der Waals surface area contributed by atoms with Crippen LogP contribution in [-0.4, -0.2) is 4.98 Å². The highest BCUT2D eigenvalue weighted by Crippen LogP contribution is 2.25. The second kappa shape index (κ2) is 5.71. The molecule has 0 saturated carbocycles. The Balaban J connectivity index is 2.05. The van der Waals surface area contributed by atoms with E-state index < -0.39 is 0 Å². The van der Waals surface area contributed by atoms with Gasteiger partial charge in [-0.25, -0.2) is 4.98 Å². The summed E-state index contributed by atoms with van der Waals surface area (Å²) in [6.45, 7) is 2.19. The van der Waals surface area contributed by atoms with Crippen molar-refractivity contribution < 1.29 is 0 Å². The smallest absolute Gasteiger partial charge is 0.101 e. The molecular weight excluding hydrogens is 214 g/mol. The Kier molecular flexibility index (Phi) is 4.00. The van der Waals surface area contributed by atoms with E-state index in [1.165, 1.54) is 16.9 Å². The standard InChI is InChI=1S/C14H15NS/c1-2-6-12-9-10-14(15-11-12)16-13-7-4-3-5-8-13/h3-5,7-11H,2,6H2,1H3. The number of aromatic nitrogens is 1. The third-order valence-corrected chi connectivity index (χ3v) is 3.26. The zero-order valence-electron chi connectivity index (χ0n) is 9.39. The Morgan fingerprint density at radius 2 is 1.88 bits per heavy atom. The van der Waals surface area contributed by atoms with Crippen molar-refractivity contribution in [3.05, 3.63) is 54.2 Å². The van der Waals surface area contributed by atoms with Crippen LogP contribution in [0, 0.1) is 0 Å². The van der Waals surface area contributed by atoms with Crippen molar-refractivity contribution in [1.29, 1.82) is 0 Å². The molecule has 0 aliphatic heterocycles. The van der Waals surface area contributed by atoms with Gasteiger partial charge in [0, 0.05) is 11.1 Å². The van der Waals surface area contributed by atoms with E-state index in [0.717, 1.165) is 11.4 Å². The van der Waals surface area contributed by atoms with Gasteiger partial charge >= 0.3 is 0 Å². The molecule has 1 aromatic heterocycles. The van der Waals surface area contributed by atoms with E-state index >= 15 is 0 Å². The first-order chi connectivity index (χ1) is 7.88. The lowest BCUT2D eigenvalue weighted by molar-refractivity contribution is 0.905. The maximum Gasteiger partial charge on any atom is 0.101 e. The van der Waals surface area contributed by atoms with E-state index in [-0.39, 0.29) is 0 Å². The van der Waals surface area contributed by atoms with Gasteiger partial charge in [-0.05, 0) is 30.2 Å². The number of pyridine rings is 1. The monoisotopic (exact) mass is 229 g/mol. The summed E-state index contributed by atoms with van der Waals surface area (Å²) < 4.78 is 0. The zero-order chi connectivity index (χ0) is 11.2. The lowest BCUT2D eigenvalue weighted by Crippen LogP contribution is -1.86. The molecule has 0 spiro atoms. The van der Waals surface area contributed by atoms with Gasteiger partial charge in [0.15, 0.2) is 0 Å². The maximum atomic E-state index is 4.46. The summed E-state index contributed by atoms with van der Waals surface area (Å²) >= 11 is 1.70. The summed E-state index contributed by atoms with van der Waals surface area (Å²) in [5, 5.41) is 1.06. The van der Waals surface area contributed by atoms with E-state index in [1.807, 2.05) is 24.4 Å². The Morgan fingerprint density at radius 1 is 1.06 bits per heavy atom. The zero-order valence-corrected chi connectivity index (χ0v) is 10.2. The fraction of sp³-hybridized carbons (Fsp3) is 0.214. The molecule has 0 saturated heterocycles. The maximum absolute atomic E-state index is 4.46. The topological polar surface area (TPSA) is 12.9 Å². The van der Waals surface area contributed by atoms with Crippen molar-refractivity contribution in [3.63, 3.8) is 0 Å². The van der Waals surface area contributed by atoms with Crippen LogP contribution in [0.2, 0.25) is 0 Å². The minimum Gasteiger partial charge on any atom is -0.249 e. The van der Waals surface area contributed by atoms with Crippen molar-refractivity contribution >= 4 is 11.8 Å². The molecule has 0 radical (unpaired) electrons. The molecular formula is C14H15NS. The van der Waals surface area contributed by atoms with Crippen LogP contribution in [0.25, 0.3) is 0 Å². The van der Waals surface area contributed by atoms with Crippen molar-refractivity contribution in [3.8, 4) is 0 Å². The molecule has 0 fully saturated rings. The van der Waals surface area contributed by atoms with Gasteiger partial charge in [0.2, 0.25) is 0 Å². The summed E-state index contributed by atoms with van der Waals surface area (Å²) in [7, 11) is 0. The third-order valence-electron chi connectivity index (χ3n) is 2.30. The molecule has 1 aromatic carbocycles. The van der Waals surface area contributed by atoms with Gasteiger partial charge in [0.05, 0.1) is 0 Å². The molecule has 0 aliphatic carbocycles. The van der Waals surface area contributed by atoms with E-state index in [4.69, 9.17) is 0 Å². The molecule has 0 N–H and O–H groups in total. The minimum atomic E-state index is 1.06. The SMILES string of the molecule is CCCc1ccc(Sc2ccccc2)nc1. The molecule has 2 rings (SSSR count). The third kappa shape index (κ3) is 3.11. The summed E-state index contributed by atoms with van der Waals surface area (Å²) in [5.74, 6) is 0. The Hall–Kier alpha value is -1.28. The van der Waals surface area contributed by atoms with Crippen molar-refractivity contribution in [2.24, 2.45) is 0 Å². The fourth-order valence-corrected chi connectivity index (χ4v) is 2.29. The summed E-state index contributed by atoms with van der Waals surface area (Å²) in [6.07, 6.45) is 4.27. The first-order valence-electron chi connectivity index (χ1n) is 5.56. The van der Waals surface area contributed by atoms with Crippen molar-refractivity contribution in [2.45, 2.75) is 29.7 Å². The summed E-state index contributed by atoms with van der Waals surface area (Å²) in [4.78, 5) is 5.69. The van der Waals surface area contributed by atoms with Crippen LogP contribution in [-0.2, 0) is 6.42 Å². The first kappa shape index (κ1) is 11.2. The Bertz CT molecular complexity index is 422. The van der Waals surface area contributed by atoms with E-state index in [1.54, 1.807) is 11.8 Å². The average molecular weight is 229 g/mol. The molecule has 0 unspecified atom stereocenters. The quantitative estimate of drug-likeness (QED) is 0.780. The van der Waals surface area contributed by atoms with E-state index in [0.29, 0.717) is 0 Å². The van der Waals surface area contributed by atoms with Gasteiger partial charge in [-0.3, -0.25) is 0 Å². The lowest BCUT2D eigenvalue weighted by Gasteiger charge is -2.02. The highest BCUT2D eigenvalue weighted by atomic mass is 32.2. The number of benzene rings is 1. The highest BCUT2D eigenvalue weighted by molar-refractivity contribution is 7.99. The Labute approximate surface area is 101 Å². The molecule has 1 heterocycles. The second-order valence-electron chi connectivity index (χ2n) is 3.67. The van der Waals surface area contributed by atoms with Crippen LogP contribution in [0.15, 0.2) is 58.6 Å². The number of aryl methyl sites for hydroxylation is 1. The number of nitrogens with zero attached hydrogens (tertiary/aromatic N) is 1.